The predicted octanol–water partition coefficient (Wildman–Crippen LogP) is 1.45. The van der Waals surface area contributed by atoms with Crippen LogP contribution in [0.25, 0.3) is 0 Å². The summed E-state index contributed by atoms with van der Waals surface area (Å²) in [4.78, 5) is 11.0. The van der Waals surface area contributed by atoms with Gasteiger partial charge in [-0.3, -0.25) is 5.84 Å². The maximum absolute atomic E-state index is 13.6. The van der Waals surface area contributed by atoms with Crippen LogP contribution in [0.2, 0.25) is 0 Å². The molecule has 0 saturated carbocycles. The summed E-state index contributed by atoms with van der Waals surface area (Å²) in [5.74, 6) is 5.36. The molecule has 1 aromatic carbocycles. The van der Waals surface area contributed by atoms with Crippen molar-refractivity contribution in [2.75, 3.05) is 6.54 Å². The first-order valence-corrected chi connectivity index (χ1v) is 5.45. The molecular formula is C12H15FN2O. The Morgan fingerprint density at radius 1 is 1.44 bits per heavy atom. The molecule has 0 spiro atoms. The standard InChI is InChI=1S/C12H15FN2O/c13-11-6-2-1-4-9(11)10-5-3-7-15(14)12(10)8-16/h1-2,4,6,8,10,12H,3,5,7,14H2. The van der Waals surface area contributed by atoms with E-state index in [-0.39, 0.29) is 11.7 Å². The fraction of sp³-hybridized carbons (Fsp3) is 0.417. The monoisotopic (exact) mass is 222 g/mol. The van der Waals surface area contributed by atoms with Gasteiger partial charge in [-0.15, -0.1) is 0 Å². The molecule has 86 valence electrons. The molecule has 1 fully saturated rings. The second-order valence-electron chi connectivity index (χ2n) is 4.13. The van der Waals surface area contributed by atoms with Crippen LogP contribution in [0, 0.1) is 5.82 Å². The van der Waals surface area contributed by atoms with Crippen molar-refractivity contribution in [1.29, 1.82) is 0 Å². The molecule has 2 unspecified atom stereocenters. The van der Waals surface area contributed by atoms with Crippen molar-refractivity contribution in [3.8, 4) is 0 Å². The van der Waals surface area contributed by atoms with Crippen LogP contribution in [0.1, 0.15) is 24.3 Å². The average molecular weight is 222 g/mol. The number of nitrogens with zero attached hydrogens (tertiary/aromatic N) is 1. The summed E-state index contributed by atoms with van der Waals surface area (Å²) in [7, 11) is 0. The Morgan fingerprint density at radius 2 is 2.19 bits per heavy atom. The molecule has 0 amide bonds. The first-order valence-electron chi connectivity index (χ1n) is 5.45. The minimum Gasteiger partial charge on any atom is -0.302 e. The molecule has 2 rings (SSSR count). The lowest BCUT2D eigenvalue weighted by molar-refractivity contribution is -0.114. The summed E-state index contributed by atoms with van der Waals surface area (Å²) in [6, 6.07) is 6.18. The highest BCUT2D eigenvalue weighted by atomic mass is 19.1. The summed E-state index contributed by atoms with van der Waals surface area (Å²) in [5.41, 5.74) is 0.592. The SMILES string of the molecule is NN1CCCC(c2ccccc2F)C1C=O. The summed E-state index contributed by atoms with van der Waals surface area (Å²) in [5, 5.41) is 1.51. The van der Waals surface area contributed by atoms with E-state index in [4.69, 9.17) is 5.84 Å². The minimum absolute atomic E-state index is 0.127. The second kappa shape index (κ2) is 4.72. The van der Waals surface area contributed by atoms with E-state index in [1.165, 1.54) is 11.1 Å². The third-order valence-corrected chi connectivity index (χ3v) is 3.17. The molecule has 3 nitrogen and oxygen atoms in total. The van der Waals surface area contributed by atoms with Crippen LogP contribution in [-0.4, -0.2) is 23.9 Å². The molecule has 1 heterocycles. The first kappa shape index (κ1) is 11.2. The Balaban J connectivity index is 2.31. The third kappa shape index (κ3) is 1.99. The van der Waals surface area contributed by atoms with Crippen molar-refractivity contribution in [3.05, 3.63) is 35.6 Å². The molecule has 1 saturated heterocycles. The van der Waals surface area contributed by atoms with Crippen LogP contribution in [0.4, 0.5) is 4.39 Å². The van der Waals surface area contributed by atoms with Gasteiger partial charge in [-0.05, 0) is 24.5 Å². The number of nitrogens with two attached hydrogens (primary N) is 1. The van der Waals surface area contributed by atoms with Crippen molar-refractivity contribution in [2.24, 2.45) is 5.84 Å². The van der Waals surface area contributed by atoms with E-state index in [0.717, 1.165) is 19.1 Å². The number of carbonyl (C=O) groups is 1. The maximum Gasteiger partial charge on any atom is 0.139 e. The Hall–Kier alpha value is -1.26. The highest BCUT2D eigenvalue weighted by Gasteiger charge is 2.31. The first-order chi connectivity index (χ1) is 7.74. The van der Waals surface area contributed by atoms with Gasteiger partial charge < -0.3 is 4.79 Å². The Bertz CT molecular complexity index is 383. The number of hydrogen-bond donors (Lipinski definition) is 1. The minimum atomic E-state index is -0.411. The van der Waals surface area contributed by atoms with Gasteiger partial charge in [-0.2, -0.15) is 0 Å². The zero-order valence-corrected chi connectivity index (χ0v) is 8.97. The maximum atomic E-state index is 13.6. The number of benzene rings is 1. The number of piperidine rings is 1. The number of hydrogen-bond acceptors (Lipinski definition) is 3. The Labute approximate surface area is 94.0 Å². The third-order valence-electron chi connectivity index (χ3n) is 3.17. The van der Waals surface area contributed by atoms with Crippen LogP contribution in [0.15, 0.2) is 24.3 Å². The number of halogens is 1. The van der Waals surface area contributed by atoms with E-state index in [9.17, 15) is 9.18 Å². The van der Waals surface area contributed by atoms with E-state index >= 15 is 0 Å². The molecule has 0 radical (unpaired) electrons. The molecule has 1 aromatic rings. The normalized spacial score (nSPS) is 26.6. The van der Waals surface area contributed by atoms with E-state index in [2.05, 4.69) is 0 Å². The van der Waals surface area contributed by atoms with E-state index < -0.39 is 6.04 Å². The van der Waals surface area contributed by atoms with Crippen LogP contribution in [0.5, 0.6) is 0 Å². The van der Waals surface area contributed by atoms with Gasteiger partial charge in [0.05, 0.1) is 6.04 Å². The van der Waals surface area contributed by atoms with Gasteiger partial charge in [-0.1, -0.05) is 18.2 Å². The molecule has 16 heavy (non-hydrogen) atoms. The lowest BCUT2D eigenvalue weighted by Gasteiger charge is -2.35. The smallest absolute Gasteiger partial charge is 0.139 e. The zero-order valence-electron chi connectivity index (χ0n) is 8.97. The summed E-state index contributed by atoms with van der Waals surface area (Å²) < 4.78 is 13.6. The van der Waals surface area contributed by atoms with E-state index in [1.807, 2.05) is 0 Å². The van der Waals surface area contributed by atoms with Crippen LogP contribution in [-0.2, 0) is 4.79 Å². The van der Waals surface area contributed by atoms with Crippen LogP contribution >= 0.6 is 0 Å². The van der Waals surface area contributed by atoms with Crippen molar-refractivity contribution >= 4 is 6.29 Å². The summed E-state index contributed by atoms with van der Waals surface area (Å²) >= 11 is 0. The van der Waals surface area contributed by atoms with Gasteiger partial charge in [0.25, 0.3) is 0 Å². The van der Waals surface area contributed by atoms with Gasteiger partial charge >= 0.3 is 0 Å². The summed E-state index contributed by atoms with van der Waals surface area (Å²) in [6.07, 6.45) is 2.51. The van der Waals surface area contributed by atoms with E-state index in [0.29, 0.717) is 12.1 Å². The molecule has 1 aliphatic rings. The van der Waals surface area contributed by atoms with Gasteiger partial charge in [0.15, 0.2) is 0 Å². The van der Waals surface area contributed by atoms with Crippen molar-refractivity contribution in [3.63, 3.8) is 0 Å². The summed E-state index contributed by atoms with van der Waals surface area (Å²) in [6.45, 7) is 0.689. The van der Waals surface area contributed by atoms with Crippen LogP contribution < -0.4 is 5.84 Å². The highest BCUT2D eigenvalue weighted by molar-refractivity contribution is 5.60. The molecule has 2 N–H and O–H groups in total. The fourth-order valence-electron chi connectivity index (χ4n) is 2.33. The molecular weight excluding hydrogens is 207 g/mol. The van der Waals surface area contributed by atoms with Crippen molar-refractivity contribution < 1.29 is 9.18 Å². The quantitative estimate of drug-likeness (QED) is 0.608. The van der Waals surface area contributed by atoms with Gasteiger partial charge in [0, 0.05) is 12.5 Å². The molecule has 4 heteroatoms. The topological polar surface area (TPSA) is 46.3 Å². The molecule has 0 aliphatic carbocycles. The number of hydrazine groups is 1. The second-order valence-corrected chi connectivity index (χ2v) is 4.13. The largest absolute Gasteiger partial charge is 0.302 e. The van der Waals surface area contributed by atoms with Gasteiger partial charge in [-0.25, -0.2) is 9.40 Å². The van der Waals surface area contributed by atoms with Gasteiger partial charge in [0.1, 0.15) is 12.1 Å². The van der Waals surface area contributed by atoms with Crippen molar-refractivity contribution in [1.82, 2.24) is 5.01 Å². The van der Waals surface area contributed by atoms with E-state index in [1.54, 1.807) is 18.2 Å². The number of rotatable bonds is 2. The molecule has 2 atom stereocenters. The van der Waals surface area contributed by atoms with Crippen LogP contribution in [0.3, 0.4) is 0 Å². The molecule has 1 aliphatic heterocycles. The Morgan fingerprint density at radius 3 is 2.88 bits per heavy atom. The lowest BCUT2D eigenvalue weighted by Crippen LogP contribution is -2.49. The Kier molecular flexibility index (Phi) is 3.31. The average Bonchev–Trinajstić information content (AvgIpc) is 2.29. The number of aldehydes is 1. The molecule has 0 aromatic heterocycles. The highest BCUT2D eigenvalue weighted by Crippen LogP contribution is 2.31. The number of carbonyl (C=O) groups excluding carboxylic acids is 1. The zero-order chi connectivity index (χ0) is 11.5. The predicted molar refractivity (Wildman–Crippen MR) is 59.1 cm³/mol. The van der Waals surface area contributed by atoms with Gasteiger partial charge in [0.2, 0.25) is 0 Å². The molecule has 0 bridgehead atoms. The fourth-order valence-corrected chi connectivity index (χ4v) is 2.33. The van der Waals surface area contributed by atoms with Crippen molar-refractivity contribution in [2.45, 2.75) is 24.8 Å². The lowest BCUT2D eigenvalue weighted by atomic mass is 9.84.